The predicted molar refractivity (Wildman–Crippen MR) is 42.6 cm³/mol. The lowest BCUT2D eigenvalue weighted by atomic mass is 10.4. The Morgan fingerprint density at radius 2 is 2.58 bits per heavy atom. The highest BCUT2D eigenvalue weighted by atomic mass is 32.1. The van der Waals surface area contributed by atoms with Gasteiger partial charge in [0.1, 0.15) is 12.6 Å². The molecule has 7 heteroatoms. The van der Waals surface area contributed by atoms with E-state index in [4.69, 9.17) is 5.73 Å². The summed E-state index contributed by atoms with van der Waals surface area (Å²) in [7, 11) is 1.32. The minimum absolute atomic E-state index is 0.0139. The van der Waals surface area contributed by atoms with E-state index in [1.54, 1.807) is 0 Å². The van der Waals surface area contributed by atoms with E-state index >= 15 is 0 Å². The van der Waals surface area contributed by atoms with Gasteiger partial charge in [-0.05, 0) is 0 Å². The monoisotopic (exact) mass is 186 g/mol. The molecular formula is C5H6N4O2S. The fourth-order valence-corrected chi connectivity index (χ4v) is 1.09. The summed E-state index contributed by atoms with van der Waals surface area (Å²) in [5.41, 5.74) is 6.46. The van der Waals surface area contributed by atoms with E-state index in [-0.39, 0.29) is 5.71 Å². The van der Waals surface area contributed by atoms with Crippen molar-refractivity contribution in [3.05, 3.63) is 10.5 Å². The van der Waals surface area contributed by atoms with Gasteiger partial charge in [-0.25, -0.2) is 0 Å². The Morgan fingerprint density at radius 1 is 1.83 bits per heavy atom. The van der Waals surface area contributed by atoms with Crippen LogP contribution in [-0.2, 0) is 9.63 Å². The van der Waals surface area contributed by atoms with Crippen LogP contribution in [0.4, 0.5) is 0 Å². The Morgan fingerprint density at radius 3 is 3.00 bits per heavy atom. The van der Waals surface area contributed by atoms with E-state index in [9.17, 15) is 4.79 Å². The number of nitrogens with zero attached hydrogens (tertiary/aromatic N) is 3. The van der Waals surface area contributed by atoms with Crippen LogP contribution in [0.15, 0.2) is 10.7 Å². The molecule has 0 saturated carbocycles. The number of oxime groups is 1. The van der Waals surface area contributed by atoms with Crippen LogP contribution in [-0.4, -0.2) is 28.9 Å². The van der Waals surface area contributed by atoms with Crippen LogP contribution in [0.25, 0.3) is 0 Å². The first-order chi connectivity index (χ1) is 5.75. The standard InChI is InChI=1S/C5H6N4O2S/c1-11-9-3(4(6)10)5-8-7-2-12-5/h2H,1H3,(H2,6,10). The highest BCUT2D eigenvalue weighted by molar-refractivity contribution is 7.12. The molecule has 64 valence electrons. The summed E-state index contributed by atoms with van der Waals surface area (Å²) in [6, 6.07) is 0. The van der Waals surface area contributed by atoms with Gasteiger partial charge in [-0.2, -0.15) is 0 Å². The number of carbonyl (C=O) groups is 1. The third-order valence-corrected chi connectivity index (χ3v) is 1.68. The molecular weight excluding hydrogens is 180 g/mol. The third-order valence-electron chi connectivity index (χ3n) is 0.979. The first-order valence-electron chi connectivity index (χ1n) is 2.93. The molecule has 1 amide bonds. The van der Waals surface area contributed by atoms with Gasteiger partial charge in [0, 0.05) is 0 Å². The molecule has 0 aromatic carbocycles. The smallest absolute Gasteiger partial charge is 0.273 e. The molecule has 6 nitrogen and oxygen atoms in total. The quantitative estimate of drug-likeness (QED) is 0.502. The molecule has 1 rings (SSSR count). The molecule has 0 aliphatic rings. The van der Waals surface area contributed by atoms with E-state index in [1.165, 1.54) is 24.0 Å². The zero-order valence-electron chi connectivity index (χ0n) is 6.22. The van der Waals surface area contributed by atoms with Crippen LogP contribution in [0, 0.1) is 0 Å². The first-order valence-corrected chi connectivity index (χ1v) is 3.81. The number of nitrogens with two attached hydrogens (primary N) is 1. The number of amides is 1. The molecule has 0 aliphatic carbocycles. The summed E-state index contributed by atoms with van der Waals surface area (Å²) in [4.78, 5) is 15.2. The molecule has 0 bridgehead atoms. The summed E-state index contributed by atoms with van der Waals surface area (Å²) in [6.45, 7) is 0. The van der Waals surface area contributed by atoms with Crippen molar-refractivity contribution in [2.24, 2.45) is 10.9 Å². The second-order valence-corrected chi connectivity index (χ2v) is 2.56. The van der Waals surface area contributed by atoms with Crippen molar-refractivity contribution < 1.29 is 9.63 Å². The van der Waals surface area contributed by atoms with Crippen molar-refractivity contribution in [1.29, 1.82) is 0 Å². The van der Waals surface area contributed by atoms with Crippen LogP contribution in [0.5, 0.6) is 0 Å². The second-order valence-electron chi connectivity index (χ2n) is 1.73. The maximum Gasteiger partial charge on any atom is 0.273 e. The Balaban J connectivity index is 2.96. The lowest BCUT2D eigenvalue weighted by Gasteiger charge is -1.93. The highest BCUT2D eigenvalue weighted by Gasteiger charge is 2.14. The Kier molecular flexibility index (Phi) is 2.70. The number of carbonyl (C=O) groups excluding carboxylic acids is 1. The Labute approximate surface area is 72.0 Å². The minimum Gasteiger partial charge on any atom is -0.398 e. The SMILES string of the molecule is CON=C(C(N)=O)c1nncs1. The average molecular weight is 186 g/mol. The molecule has 1 aromatic rings. The van der Waals surface area contributed by atoms with Crippen molar-refractivity contribution in [3.63, 3.8) is 0 Å². The highest BCUT2D eigenvalue weighted by Crippen LogP contribution is 2.03. The number of hydrogen-bond acceptors (Lipinski definition) is 6. The van der Waals surface area contributed by atoms with Gasteiger partial charge >= 0.3 is 0 Å². The van der Waals surface area contributed by atoms with Gasteiger partial charge in [-0.3, -0.25) is 4.79 Å². The zero-order valence-corrected chi connectivity index (χ0v) is 7.04. The molecule has 2 N–H and O–H groups in total. The topological polar surface area (TPSA) is 90.5 Å². The molecule has 0 spiro atoms. The van der Waals surface area contributed by atoms with Crippen LogP contribution in [0.3, 0.4) is 0 Å². The normalized spacial score (nSPS) is 11.2. The number of primary amides is 1. The van der Waals surface area contributed by atoms with E-state index < -0.39 is 5.91 Å². The first kappa shape index (κ1) is 8.60. The van der Waals surface area contributed by atoms with Crippen LogP contribution in [0.1, 0.15) is 5.01 Å². The van der Waals surface area contributed by atoms with Crippen molar-refractivity contribution in [1.82, 2.24) is 10.2 Å². The summed E-state index contributed by atoms with van der Waals surface area (Å²) < 4.78 is 0. The maximum absolute atomic E-state index is 10.7. The molecule has 0 fully saturated rings. The van der Waals surface area contributed by atoms with Crippen molar-refractivity contribution in [3.8, 4) is 0 Å². The molecule has 0 radical (unpaired) electrons. The lowest BCUT2D eigenvalue weighted by Crippen LogP contribution is -2.24. The summed E-state index contributed by atoms with van der Waals surface area (Å²) in [5, 5.41) is 10.9. The minimum atomic E-state index is -0.686. The molecule has 1 aromatic heterocycles. The third kappa shape index (κ3) is 1.76. The fourth-order valence-electron chi connectivity index (χ4n) is 0.557. The van der Waals surface area contributed by atoms with Gasteiger partial charge in [0.2, 0.25) is 5.71 Å². The van der Waals surface area contributed by atoms with Gasteiger partial charge in [-0.1, -0.05) is 16.5 Å². The molecule has 0 atom stereocenters. The zero-order chi connectivity index (χ0) is 8.97. The molecule has 1 heterocycles. The maximum atomic E-state index is 10.7. The van der Waals surface area contributed by atoms with Gasteiger partial charge in [0.25, 0.3) is 5.91 Å². The van der Waals surface area contributed by atoms with Gasteiger partial charge in [0.05, 0.1) is 0 Å². The van der Waals surface area contributed by atoms with Gasteiger partial charge < -0.3 is 10.6 Å². The largest absolute Gasteiger partial charge is 0.398 e. The lowest BCUT2D eigenvalue weighted by molar-refractivity contribution is -0.112. The summed E-state index contributed by atoms with van der Waals surface area (Å²) in [5.74, 6) is -0.686. The van der Waals surface area contributed by atoms with Crippen LogP contribution >= 0.6 is 11.3 Å². The number of hydrogen-bond donors (Lipinski definition) is 1. The van der Waals surface area contributed by atoms with E-state index in [1.807, 2.05) is 0 Å². The van der Waals surface area contributed by atoms with Crippen molar-refractivity contribution in [2.45, 2.75) is 0 Å². The molecule has 0 saturated heterocycles. The fraction of sp³-hybridized carbons (Fsp3) is 0.200. The Bertz CT molecular complexity index is 294. The molecule has 0 unspecified atom stereocenters. The van der Waals surface area contributed by atoms with Gasteiger partial charge in [0.15, 0.2) is 5.01 Å². The average Bonchev–Trinajstić information content (AvgIpc) is 2.51. The van der Waals surface area contributed by atoms with Crippen molar-refractivity contribution >= 4 is 23.0 Å². The van der Waals surface area contributed by atoms with Crippen molar-refractivity contribution in [2.75, 3.05) is 7.11 Å². The van der Waals surface area contributed by atoms with E-state index in [2.05, 4.69) is 20.2 Å². The summed E-state index contributed by atoms with van der Waals surface area (Å²) in [6.07, 6.45) is 0. The number of aromatic nitrogens is 2. The van der Waals surface area contributed by atoms with E-state index in [0.717, 1.165) is 0 Å². The summed E-state index contributed by atoms with van der Waals surface area (Å²) >= 11 is 1.17. The molecule has 12 heavy (non-hydrogen) atoms. The van der Waals surface area contributed by atoms with Crippen LogP contribution < -0.4 is 5.73 Å². The van der Waals surface area contributed by atoms with E-state index in [0.29, 0.717) is 5.01 Å². The Hall–Kier alpha value is -1.50. The second kappa shape index (κ2) is 3.77. The predicted octanol–water partition coefficient (Wildman–Crippen LogP) is -0.626. The molecule has 0 aliphatic heterocycles. The van der Waals surface area contributed by atoms with Gasteiger partial charge in [-0.15, -0.1) is 10.2 Å². The number of rotatable bonds is 3. The van der Waals surface area contributed by atoms with Crippen LogP contribution in [0.2, 0.25) is 0 Å².